The highest BCUT2D eigenvalue weighted by molar-refractivity contribution is 5.97. The Kier molecular flexibility index (Phi) is 2.41. The van der Waals surface area contributed by atoms with Crippen molar-refractivity contribution in [1.82, 2.24) is 0 Å². The van der Waals surface area contributed by atoms with Crippen molar-refractivity contribution in [2.45, 2.75) is 33.2 Å². The quantitative estimate of drug-likeness (QED) is 0.725. The molecule has 2 rings (SSSR count). The third-order valence-electron chi connectivity index (χ3n) is 2.94. The number of fused-ring (bicyclic) bond motifs is 1. The molecule has 0 unspecified atom stereocenters. The number of carbonyl (C=O) groups is 1. The van der Waals surface area contributed by atoms with Crippen LogP contribution >= 0.6 is 0 Å². The summed E-state index contributed by atoms with van der Waals surface area (Å²) in [6.07, 6.45) is 0. The van der Waals surface area contributed by atoms with Crippen LogP contribution in [0.5, 0.6) is 0 Å². The Morgan fingerprint density at radius 3 is 2.75 bits per heavy atom. The number of hydrogen-bond donors (Lipinski definition) is 1. The molecule has 16 heavy (non-hydrogen) atoms. The van der Waals surface area contributed by atoms with Gasteiger partial charge in [-0.15, -0.1) is 0 Å². The summed E-state index contributed by atoms with van der Waals surface area (Å²) in [5, 5.41) is 3.50. The maximum atomic E-state index is 11.7. The van der Waals surface area contributed by atoms with Crippen LogP contribution in [-0.2, 0) is 4.79 Å². The minimum absolute atomic E-state index is 0.0786. The van der Waals surface area contributed by atoms with E-state index in [2.05, 4.69) is 32.2 Å². The summed E-state index contributed by atoms with van der Waals surface area (Å²) in [4.78, 5) is 13.5. The average molecular weight is 218 g/mol. The maximum absolute atomic E-state index is 11.7. The molecule has 0 bridgehead atoms. The lowest BCUT2D eigenvalue weighted by Crippen LogP contribution is -2.50. The predicted octanol–water partition coefficient (Wildman–Crippen LogP) is 2.55. The number of nitrogens with zero attached hydrogens (tertiary/aromatic N) is 1. The van der Waals surface area contributed by atoms with Crippen LogP contribution in [0.3, 0.4) is 0 Å². The monoisotopic (exact) mass is 218 g/mol. The Morgan fingerprint density at radius 1 is 1.44 bits per heavy atom. The topological polar surface area (TPSA) is 32.3 Å². The average Bonchev–Trinajstić information content (AvgIpc) is 2.17. The van der Waals surface area contributed by atoms with Gasteiger partial charge in [-0.1, -0.05) is 12.1 Å². The van der Waals surface area contributed by atoms with Crippen LogP contribution in [0.4, 0.5) is 11.4 Å². The van der Waals surface area contributed by atoms with E-state index >= 15 is 0 Å². The van der Waals surface area contributed by atoms with Crippen LogP contribution in [0.15, 0.2) is 18.2 Å². The molecule has 0 spiro atoms. The fraction of sp³-hybridized carbons (Fsp3) is 0.462. The summed E-state index contributed by atoms with van der Waals surface area (Å²) < 4.78 is 0. The lowest BCUT2D eigenvalue weighted by molar-refractivity contribution is -0.116. The molecule has 3 heteroatoms. The highest BCUT2D eigenvalue weighted by Crippen LogP contribution is 2.36. The minimum atomic E-state index is -0.0786. The Labute approximate surface area is 96.5 Å². The van der Waals surface area contributed by atoms with Gasteiger partial charge in [0.25, 0.3) is 0 Å². The molecule has 1 aliphatic heterocycles. The van der Waals surface area contributed by atoms with Gasteiger partial charge in [-0.2, -0.15) is 0 Å². The summed E-state index contributed by atoms with van der Waals surface area (Å²) >= 11 is 0. The largest absolute Gasteiger partial charge is 0.376 e. The van der Waals surface area contributed by atoms with Crippen molar-refractivity contribution in [3.05, 3.63) is 23.8 Å². The lowest BCUT2D eigenvalue weighted by atomic mass is 9.97. The lowest BCUT2D eigenvalue weighted by Gasteiger charge is -2.41. The number of aryl methyl sites for hydroxylation is 1. The van der Waals surface area contributed by atoms with E-state index in [1.807, 2.05) is 17.0 Å². The molecule has 0 aliphatic carbocycles. The van der Waals surface area contributed by atoms with E-state index in [-0.39, 0.29) is 11.4 Å². The van der Waals surface area contributed by atoms with Crippen molar-refractivity contribution in [3.63, 3.8) is 0 Å². The molecule has 1 N–H and O–H groups in total. The molecule has 0 saturated heterocycles. The molecule has 1 heterocycles. The molecule has 0 fully saturated rings. The number of para-hydroxylation sites is 1. The molecule has 1 amide bonds. The third-order valence-corrected chi connectivity index (χ3v) is 2.94. The van der Waals surface area contributed by atoms with Crippen LogP contribution in [0, 0.1) is 6.92 Å². The predicted molar refractivity (Wildman–Crippen MR) is 66.9 cm³/mol. The van der Waals surface area contributed by atoms with Crippen molar-refractivity contribution >= 4 is 17.3 Å². The summed E-state index contributed by atoms with van der Waals surface area (Å²) in [6, 6.07) is 6.04. The van der Waals surface area contributed by atoms with Crippen molar-refractivity contribution in [2.75, 3.05) is 16.8 Å². The molecular formula is C13H18N2O. The number of amides is 1. The molecule has 0 atom stereocenters. The molecule has 0 saturated carbocycles. The number of benzene rings is 1. The zero-order valence-electron chi connectivity index (χ0n) is 10.3. The standard InChI is InChI=1S/C13H18N2O/c1-9-6-5-7-11-12(9)14-13(3,4)8-15(11)10(2)16/h5-7,14H,8H2,1-4H3. The van der Waals surface area contributed by atoms with Crippen LogP contribution < -0.4 is 10.2 Å². The van der Waals surface area contributed by atoms with Gasteiger partial charge in [0.05, 0.1) is 11.4 Å². The second-order valence-corrected chi connectivity index (χ2v) is 5.08. The van der Waals surface area contributed by atoms with Gasteiger partial charge in [0.15, 0.2) is 0 Å². The Morgan fingerprint density at radius 2 is 2.12 bits per heavy atom. The summed E-state index contributed by atoms with van der Waals surface area (Å²) in [6.45, 7) is 8.61. The van der Waals surface area contributed by atoms with E-state index < -0.39 is 0 Å². The van der Waals surface area contributed by atoms with Crippen LogP contribution in [-0.4, -0.2) is 18.0 Å². The molecule has 86 valence electrons. The molecule has 1 aromatic carbocycles. The van der Waals surface area contributed by atoms with E-state index in [0.717, 1.165) is 11.4 Å². The number of rotatable bonds is 0. The van der Waals surface area contributed by atoms with Gasteiger partial charge < -0.3 is 10.2 Å². The summed E-state index contributed by atoms with van der Waals surface area (Å²) in [5.74, 6) is 0.0985. The first-order valence-corrected chi connectivity index (χ1v) is 5.57. The van der Waals surface area contributed by atoms with Crippen LogP contribution in [0.25, 0.3) is 0 Å². The molecule has 1 aromatic rings. The smallest absolute Gasteiger partial charge is 0.224 e. The van der Waals surface area contributed by atoms with Crippen LogP contribution in [0.1, 0.15) is 26.3 Å². The zero-order valence-corrected chi connectivity index (χ0v) is 10.3. The van der Waals surface area contributed by atoms with Gasteiger partial charge in [0, 0.05) is 19.0 Å². The Hall–Kier alpha value is -1.51. The fourth-order valence-corrected chi connectivity index (χ4v) is 2.18. The van der Waals surface area contributed by atoms with E-state index in [4.69, 9.17) is 0 Å². The van der Waals surface area contributed by atoms with Crippen LogP contribution in [0.2, 0.25) is 0 Å². The van der Waals surface area contributed by atoms with Crippen molar-refractivity contribution in [2.24, 2.45) is 0 Å². The number of carbonyl (C=O) groups excluding carboxylic acids is 1. The van der Waals surface area contributed by atoms with E-state index in [1.54, 1.807) is 6.92 Å². The van der Waals surface area contributed by atoms with Crippen molar-refractivity contribution in [3.8, 4) is 0 Å². The number of hydrogen-bond acceptors (Lipinski definition) is 2. The maximum Gasteiger partial charge on any atom is 0.224 e. The first kappa shape index (κ1) is 11.0. The normalized spacial score (nSPS) is 17.6. The van der Waals surface area contributed by atoms with Crippen molar-refractivity contribution < 1.29 is 4.79 Å². The number of anilines is 2. The fourth-order valence-electron chi connectivity index (χ4n) is 2.18. The summed E-state index contributed by atoms with van der Waals surface area (Å²) in [7, 11) is 0. The first-order valence-electron chi connectivity index (χ1n) is 5.57. The minimum Gasteiger partial charge on any atom is -0.376 e. The third kappa shape index (κ3) is 1.77. The van der Waals surface area contributed by atoms with E-state index in [0.29, 0.717) is 6.54 Å². The second kappa shape index (κ2) is 3.51. The molecule has 0 radical (unpaired) electrons. The Balaban J connectivity index is 2.55. The van der Waals surface area contributed by atoms with Gasteiger partial charge in [-0.3, -0.25) is 4.79 Å². The van der Waals surface area contributed by atoms with E-state index in [1.165, 1.54) is 5.56 Å². The van der Waals surface area contributed by atoms with Gasteiger partial charge >= 0.3 is 0 Å². The Bertz CT molecular complexity index is 438. The van der Waals surface area contributed by atoms with Gasteiger partial charge in [0.2, 0.25) is 5.91 Å². The highest BCUT2D eigenvalue weighted by atomic mass is 16.2. The van der Waals surface area contributed by atoms with Gasteiger partial charge in [-0.05, 0) is 32.4 Å². The zero-order chi connectivity index (χ0) is 11.9. The van der Waals surface area contributed by atoms with Crippen molar-refractivity contribution in [1.29, 1.82) is 0 Å². The molecule has 0 aromatic heterocycles. The molecule has 3 nitrogen and oxygen atoms in total. The molecule has 1 aliphatic rings. The number of nitrogens with one attached hydrogen (secondary N) is 1. The van der Waals surface area contributed by atoms with Gasteiger partial charge in [0.1, 0.15) is 0 Å². The SMILES string of the molecule is CC(=O)N1CC(C)(C)Nc2c(C)cccc21. The van der Waals surface area contributed by atoms with Gasteiger partial charge in [-0.25, -0.2) is 0 Å². The molecular weight excluding hydrogens is 200 g/mol. The van der Waals surface area contributed by atoms with E-state index in [9.17, 15) is 4.79 Å². The highest BCUT2D eigenvalue weighted by Gasteiger charge is 2.31. The second-order valence-electron chi connectivity index (χ2n) is 5.08. The summed E-state index contributed by atoms with van der Waals surface area (Å²) in [5.41, 5.74) is 3.17. The first-order chi connectivity index (χ1) is 7.41.